The van der Waals surface area contributed by atoms with Gasteiger partial charge in [-0.1, -0.05) is 6.07 Å². The number of nitrogens with zero attached hydrogens (tertiary/aromatic N) is 3. The van der Waals surface area contributed by atoms with Gasteiger partial charge in [0.2, 0.25) is 11.6 Å². The van der Waals surface area contributed by atoms with E-state index in [0.717, 1.165) is 29.6 Å². The highest BCUT2D eigenvalue weighted by atomic mass is 19.1. The van der Waals surface area contributed by atoms with Crippen molar-refractivity contribution in [1.82, 2.24) is 15.4 Å². The zero-order chi connectivity index (χ0) is 21.0. The van der Waals surface area contributed by atoms with Gasteiger partial charge in [-0.25, -0.2) is 14.4 Å². The SMILES string of the molecule is Cc1cc(C)cc(Nc2ncnc(NNC(=O)c3ccc(F)cc3)c2[N+](=O)[O-])c1. The molecule has 0 bridgehead atoms. The summed E-state index contributed by atoms with van der Waals surface area (Å²) in [7, 11) is 0. The van der Waals surface area contributed by atoms with Crippen LogP contribution in [0.25, 0.3) is 0 Å². The van der Waals surface area contributed by atoms with E-state index in [4.69, 9.17) is 0 Å². The van der Waals surface area contributed by atoms with Crippen LogP contribution >= 0.6 is 0 Å². The van der Waals surface area contributed by atoms with Gasteiger partial charge in [-0.15, -0.1) is 0 Å². The number of nitro groups is 1. The van der Waals surface area contributed by atoms with Gasteiger partial charge in [-0.05, 0) is 61.4 Å². The normalized spacial score (nSPS) is 10.3. The lowest BCUT2D eigenvalue weighted by Crippen LogP contribution is -2.30. The zero-order valence-corrected chi connectivity index (χ0v) is 15.6. The quantitative estimate of drug-likeness (QED) is 0.429. The Morgan fingerprint density at radius 2 is 1.66 bits per heavy atom. The Labute approximate surface area is 165 Å². The first-order valence-corrected chi connectivity index (χ1v) is 8.50. The Morgan fingerprint density at radius 3 is 2.28 bits per heavy atom. The first-order valence-electron chi connectivity index (χ1n) is 8.50. The number of rotatable bonds is 6. The Balaban J connectivity index is 1.83. The van der Waals surface area contributed by atoms with Crippen molar-refractivity contribution in [2.75, 3.05) is 10.7 Å². The monoisotopic (exact) mass is 396 g/mol. The number of nitrogens with one attached hydrogen (secondary N) is 3. The number of hydrogen-bond donors (Lipinski definition) is 3. The van der Waals surface area contributed by atoms with Crippen molar-refractivity contribution < 1.29 is 14.1 Å². The summed E-state index contributed by atoms with van der Waals surface area (Å²) < 4.78 is 13.0. The summed E-state index contributed by atoms with van der Waals surface area (Å²) in [5, 5.41) is 14.5. The minimum absolute atomic E-state index is 0.0338. The van der Waals surface area contributed by atoms with Crippen LogP contribution < -0.4 is 16.2 Å². The molecule has 9 nitrogen and oxygen atoms in total. The van der Waals surface area contributed by atoms with Crippen LogP contribution in [0.3, 0.4) is 0 Å². The molecule has 0 radical (unpaired) electrons. The summed E-state index contributed by atoms with van der Waals surface area (Å²) in [6, 6.07) is 10.4. The largest absolute Gasteiger partial charge is 0.355 e. The molecule has 2 aromatic carbocycles. The Morgan fingerprint density at radius 1 is 1.03 bits per heavy atom. The predicted molar refractivity (Wildman–Crippen MR) is 105 cm³/mol. The summed E-state index contributed by atoms with van der Waals surface area (Å²) in [6.45, 7) is 3.81. The highest BCUT2D eigenvalue weighted by Gasteiger charge is 2.24. The summed E-state index contributed by atoms with van der Waals surface area (Å²) in [5.41, 5.74) is 7.06. The second kappa shape index (κ2) is 8.30. The topological polar surface area (TPSA) is 122 Å². The molecule has 0 saturated carbocycles. The first kappa shape index (κ1) is 19.7. The average Bonchev–Trinajstić information content (AvgIpc) is 2.65. The number of aromatic nitrogens is 2. The molecule has 0 aliphatic rings. The van der Waals surface area contributed by atoms with Gasteiger partial charge < -0.3 is 5.32 Å². The van der Waals surface area contributed by atoms with Crippen LogP contribution in [0.1, 0.15) is 21.5 Å². The van der Waals surface area contributed by atoms with Crippen molar-refractivity contribution in [3.05, 3.63) is 81.4 Å². The number of benzene rings is 2. The lowest BCUT2D eigenvalue weighted by molar-refractivity contribution is -0.383. The number of hydrazine groups is 1. The summed E-state index contributed by atoms with van der Waals surface area (Å²) in [5.74, 6) is -1.33. The lowest BCUT2D eigenvalue weighted by Gasteiger charge is -2.11. The van der Waals surface area contributed by atoms with Gasteiger partial charge in [0.25, 0.3) is 5.91 Å². The van der Waals surface area contributed by atoms with E-state index in [1.54, 1.807) is 0 Å². The molecule has 0 aliphatic carbocycles. The fourth-order valence-electron chi connectivity index (χ4n) is 2.71. The van der Waals surface area contributed by atoms with Crippen LogP contribution in [0.15, 0.2) is 48.8 Å². The molecule has 10 heteroatoms. The van der Waals surface area contributed by atoms with Crippen molar-refractivity contribution in [1.29, 1.82) is 0 Å². The van der Waals surface area contributed by atoms with Gasteiger partial charge in [0.1, 0.15) is 12.1 Å². The number of carbonyl (C=O) groups is 1. The number of carbonyl (C=O) groups excluding carboxylic acids is 1. The van der Waals surface area contributed by atoms with Crippen LogP contribution in [-0.2, 0) is 0 Å². The maximum atomic E-state index is 13.0. The van der Waals surface area contributed by atoms with Gasteiger partial charge in [-0.2, -0.15) is 0 Å². The molecule has 0 atom stereocenters. The molecule has 3 N–H and O–H groups in total. The molecule has 0 fully saturated rings. The van der Waals surface area contributed by atoms with Crippen LogP contribution in [0, 0.1) is 29.8 Å². The van der Waals surface area contributed by atoms with E-state index in [1.807, 2.05) is 32.0 Å². The van der Waals surface area contributed by atoms with E-state index < -0.39 is 22.3 Å². The van der Waals surface area contributed by atoms with Crippen molar-refractivity contribution >= 4 is 28.9 Å². The summed E-state index contributed by atoms with van der Waals surface area (Å²) in [4.78, 5) is 30.9. The van der Waals surface area contributed by atoms with Crippen LogP contribution in [-0.4, -0.2) is 20.8 Å². The lowest BCUT2D eigenvalue weighted by atomic mass is 10.1. The van der Waals surface area contributed by atoms with E-state index in [9.17, 15) is 19.3 Å². The third kappa shape index (κ3) is 4.80. The van der Waals surface area contributed by atoms with E-state index >= 15 is 0 Å². The minimum atomic E-state index is -0.655. The zero-order valence-electron chi connectivity index (χ0n) is 15.6. The molecule has 1 amide bonds. The molecule has 3 aromatic rings. The van der Waals surface area contributed by atoms with Gasteiger partial charge in [0.15, 0.2) is 0 Å². The van der Waals surface area contributed by atoms with E-state index in [-0.39, 0.29) is 17.2 Å². The molecule has 0 unspecified atom stereocenters. The van der Waals surface area contributed by atoms with Gasteiger partial charge >= 0.3 is 5.69 Å². The molecule has 0 aliphatic heterocycles. The highest BCUT2D eigenvalue weighted by molar-refractivity contribution is 5.95. The van der Waals surface area contributed by atoms with Crippen LogP contribution in [0.2, 0.25) is 0 Å². The molecular weight excluding hydrogens is 379 g/mol. The molecule has 3 rings (SSSR count). The maximum Gasteiger partial charge on any atom is 0.355 e. The Bertz CT molecular complexity index is 1050. The Kier molecular flexibility index (Phi) is 5.63. The summed E-state index contributed by atoms with van der Waals surface area (Å²) >= 11 is 0. The fraction of sp³-hybridized carbons (Fsp3) is 0.105. The second-order valence-electron chi connectivity index (χ2n) is 6.26. The van der Waals surface area contributed by atoms with Gasteiger partial charge in [0.05, 0.1) is 4.92 Å². The Hall–Kier alpha value is -4.08. The predicted octanol–water partition coefficient (Wildman–Crippen LogP) is 3.64. The smallest absolute Gasteiger partial charge is 0.334 e. The minimum Gasteiger partial charge on any atom is -0.334 e. The van der Waals surface area contributed by atoms with Gasteiger partial charge in [0, 0.05) is 11.3 Å². The molecule has 0 spiro atoms. The number of halogens is 1. The molecular formula is C19H17FN6O3. The van der Waals surface area contributed by atoms with Crippen molar-refractivity contribution in [3.8, 4) is 0 Å². The van der Waals surface area contributed by atoms with E-state index in [0.29, 0.717) is 5.69 Å². The van der Waals surface area contributed by atoms with Crippen molar-refractivity contribution in [3.63, 3.8) is 0 Å². The molecule has 148 valence electrons. The highest BCUT2D eigenvalue weighted by Crippen LogP contribution is 2.31. The number of anilines is 3. The van der Waals surface area contributed by atoms with Crippen LogP contribution in [0.4, 0.5) is 27.4 Å². The number of hydrogen-bond acceptors (Lipinski definition) is 7. The molecule has 1 aromatic heterocycles. The van der Waals surface area contributed by atoms with Gasteiger partial charge in [-0.3, -0.25) is 25.8 Å². The van der Waals surface area contributed by atoms with Crippen molar-refractivity contribution in [2.45, 2.75) is 13.8 Å². The molecule has 29 heavy (non-hydrogen) atoms. The second-order valence-corrected chi connectivity index (χ2v) is 6.26. The third-order valence-electron chi connectivity index (χ3n) is 3.89. The number of aryl methyl sites for hydroxylation is 2. The number of amides is 1. The van der Waals surface area contributed by atoms with E-state index in [2.05, 4.69) is 26.1 Å². The maximum absolute atomic E-state index is 13.0. The van der Waals surface area contributed by atoms with Crippen molar-refractivity contribution in [2.24, 2.45) is 0 Å². The van der Waals surface area contributed by atoms with E-state index in [1.165, 1.54) is 12.1 Å². The average molecular weight is 396 g/mol. The van der Waals surface area contributed by atoms with Crippen LogP contribution in [0.5, 0.6) is 0 Å². The fourth-order valence-corrected chi connectivity index (χ4v) is 2.71. The molecule has 1 heterocycles. The third-order valence-corrected chi connectivity index (χ3v) is 3.89. The first-order chi connectivity index (χ1) is 13.8. The summed E-state index contributed by atoms with van der Waals surface area (Å²) in [6.07, 6.45) is 1.13. The molecule has 0 saturated heterocycles. The standard InChI is InChI=1S/C19H17FN6O3/c1-11-7-12(2)9-15(8-11)23-17-16(26(28)29)18(22-10-21-17)24-25-19(27)13-3-5-14(20)6-4-13/h3-10H,1-2H3,(H,25,27)(H2,21,22,23,24).